The highest BCUT2D eigenvalue weighted by Gasteiger charge is 2.33. The second-order valence-corrected chi connectivity index (χ2v) is 12.4. The summed E-state index contributed by atoms with van der Waals surface area (Å²) in [4.78, 5) is 40.9. The number of hydrogen-bond donors (Lipinski definition) is 2. The lowest BCUT2D eigenvalue weighted by Gasteiger charge is -2.37. The molecule has 1 fully saturated rings. The second-order valence-electron chi connectivity index (χ2n) is 12.4. The van der Waals surface area contributed by atoms with E-state index in [1.54, 1.807) is 30.3 Å². The summed E-state index contributed by atoms with van der Waals surface area (Å²) < 4.78 is 45.1. The van der Waals surface area contributed by atoms with Crippen molar-refractivity contribution in [3.05, 3.63) is 88.1 Å². The van der Waals surface area contributed by atoms with Crippen LogP contribution in [0, 0.1) is 18.3 Å². The van der Waals surface area contributed by atoms with Crippen molar-refractivity contribution in [2.24, 2.45) is 0 Å². The van der Waals surface area contributed by atoms with E-state index in [4.69, 9.17) is 0 Å². The molecule has 1 aliphatic rings. The van der Waals surface area contributed by atoms with E-state index in [0.29, 0.717) is 11.3 Å². The first-order chi connectivity index (χ1) is 22.2. The predicted octanol–water partition coefficient (Wildman–Crippen LogP) is 4.03. The zero-order valence-corrected chi connectivity index (χ0v) is 26.5. The van der Waals surface area contributed by atoms with Crippen molar-refractivity contribution in [2.45, 2.75) is 44.9 Å². The molecule has 0 spiro atoms. The van der Waals surface area contributed by atoms with Crippen molar-refractivity contribution < 1.29 is 27.2 Å². The number of quaternary nitrogens is 1. The molecule has 1 amide bonds. The number of Topliss-reactive ketones (excluding diaryl/α,β-unsaturated/α-hetero) is 1. The van der Waals surface area contributed by atoms with Crippen molar-refractivity contribution >= 4 is 11.8 Å². The van der Waals surface area contributed by atoms with Crippen LogP contribution in [0.3, 0.4) is 0 Å². The molecule has 5 rings (SSSR count). The van der Waals surface area contributed by atoms with Crippen LogP contribution in [-0.2, 0) is 11.0 Å². The number of ketones is 1. The fourth-order valence-electron chi connectivity index (χ4n) is 5.79. The number of rotatable bonds is 8. The van der Waals surface area contributed by atoms with E-state index in [0.717, 1.165) is 51.7 Å². The second kappa shape index (κ2) is 13.0. The van der Waals surface area contributed by atoms with E-state index in [9.17, 15) is 32.8 Å². The number of carbonyl (C=O) groups excluding carboxylic acids is 2. The average molecular weight is 650 g/mol. The van der Waals surface area contributed by atoms with E-state index in [2.05, 4.69) is 29.8 Å². The van der Waals surface area contributed by atoms with Crippen LogP contribution >= 0.6 is 0 Å². The molecule has 2 N–H and O–H groups in total. The highest BCUT2D eigenvalue weighted by atomic mass is 19.4. The molecule has 1 atom stereocenters. The number of benzene rings is 2. The van der Waals surface area contributed by atoms with Gasteiger partial charge in [0.1, 0.15) is 5.69 Å². The van der Waals surface area contributed by atoms with E-state index in [1.807, 2.05) is 6.07 Å². The molecule has 1 saturated heterocycles. The Balaban J connectivity index is 1.51. The van der Waals surface area contributed by atoms with E-state index < -0.39 is 29.5 Å². The van der Waals surface area contributed by atoms with Gasteiger partial charge in [0.2, 0.25) is 0 Å². The van der Waals surface area contributed by atoms with Crippen LogP contribution in [0.4, 0.5) is 18.0 Å². The zero-order valence-electron chi connectivity index (χ0n) is 26.5. The minimum absolute atomic E-state index is 0.0248. The smallest absolute Gasteiger partial charge is 0.328 e. The Morgan fingerprint density at radius 3 is 2.40 bits per heavy atom. The number of alkyl halides is 3. The lowest BCUT2D eigenvalue weighted by Crippen LogP contribution is -2.52. The van der Waals surface area contributed by atoms with Gasteiger partial charge in [-0.3, -0.25) is 9.36 Å². The van der Waals surface area contributed by atoms with Crippen LogP contribution in [0.5, 0.6) is 0 Å². The lowest BCUT2D eigenvalue weighted by molar-refractivity contribution is -0.895. The van der Waals surface area contributed by atoms with Crippen LogP contribution in [0.1, 0.15) is 36.6 Å². The van der Waals surface area contributed by atoms with Crippen LogP contribution < -0.4 is 16.3 Å². The molecule has 246 valence electrons. The minimum Gasteiger partial charge on any atom is -0.328 e. The van der Waals surface area contributed by atoms with Crippen LogP contribution in [0.25, 0.3) is 22.8 Å². The fourth-order valence-corrected chi connectivity index (χ4v) is 5.79. The van der Waals surface area contributed by atoms with Gasteiger partial charge in [-0.1, -0.05) is 6.07 Å². The number of imidazole rings is 1. The molecule has 11 nitrogen and oxygen atoms in total. The number of nitrogens with one attached hydrogen (secondary N) is 2. The van der Waals surface area contributed by atoms with Crippen molar-refractivity contribution in [1.29, 1.82) is 5.26 Å². The Bertz CT molecular complexity index is 1890. The SMILES string of the molecule is Cc1c(-c2ccnn2-c2ccc(C#N)cc2)n(C(=O)N[C@@H](C)C(=O)CNC2CC[N+](C)(C)CC2)c(=O)n1-c1cccc(C(F)(F)F)c1. The number of amides is 1. The third kappa shape index (κ3) is 7.06. The van der Waals surface area contributed by atoms with Gasteiger partial charge in [-0.2, -0.15) is 23.5 Å². The van der Waals surface area contributed by atoms with Gasteiger partial charge in [0.15, 0.2) is 5.78 Å². The molecule has 0 aliphatic carbocycles. The summed E-state index contributed by atoms with van der Waals surface area (Å²) in [6.45, 7) is 5.01. The van der Waals surface area contributed by atoms with Gasteiger partial charge in [0, 0.05) is 18.9 Å². The van der Waals surface area contributed by atoms with Crippen LogP contribution in [0.15, 0.2) is 65.6 Å². The predicted molar refractivity (Wildman–Crippen MR) is 168 cm³/mol. The van der Waals surface area contributed by atoms with E-state index in [-0.39, 0.29) is 41.1 Å². The summed E-state index contributed by atoms with van der Waals surface area (Å²) in [7, 11) is 4.32. The molecule has 1 aliphatic heterocycles. The highest BCUT2D eigenvalue weighted by Crippen LogP contribution is 2.32. The number of nitriles is 1. The van der Waals surface area contributed by atoms with Gasteiger partial charge in [-0.15, -0.1) is 0 Å². The molecule has 0 unspecified atom stereocenters. The van der Waals surface area contributed by atoms with E-state index >= 15 is 0 Å². The van der Waals surface area contributed by atoms with Gasteiger partial charge < -0.3 is 15.1 Å². The Kier molecular flexibility index (Phi) is 9.24. The van der Waals surface area contributed by atoms with Gasteiger partial charge in [0.05, 0.1) is 85.9 Å². The number of nitrogens with zero attached hydrogens (tertiary/aromatic N) is 6. The van der Waals surface area contributed by atoms with Crippen molar-refractivity contribution in [2.75, 3.05) is 33.7 Å². The van der Waals surface area contributed by atoms with Crippen LogP contribution in [0.2, 0.25) is 0 Å². The van der Waals surface area contributed by atoms with Gasteiger partial charge >= 0.3 is 17.9 Å². The monoisotopic (exact) mass is 649 g/mol. The largest absolute Gasteiger partial charge is 0.416 e. The maximum Gasteiger partial charge on any atom is 0.416 e. The standard InChI is InChI=1S/C33H35F3N8O3/c1-21(29(45)20-38-25-13-16-44(3,4)17-14-25)40-31(46)42-30(28-12-15-39-43(28)26-10-8-23(19-37)9-11-26)22(2)41(32(42)47)27-7-5-6-24(18-27)33(34,35)36/h5-12,15,18,21,25,38H,13-14,16-17,20H2,1-4H3/p+1/t21-/m0/s1. The molecule has 4 aromatic rings. The number of carbonyl (C=O) groups is 2. The van der Waals surface area contributed by atoms with Gasteiger partial charge in [-0.25, -0.2) is 18.8 Å². The first-order valence-electron chi connectivity index (χ1n) is 15.2. The van der Waals surface area contributed by atoms with Crippen molar-refractivity contribution in [3.8, 4) is 28.8 Å². The first-order valence-corrected chi connectivity index (χ1v) is 15.2. The van der Waals surface area contributed by atoms with Gasteiger partial charge in [-0.05, 0) is 62.4 Å². The van der Waals surface area contributed by atoms with Gasteiger partial charge in [0.25, 0.3) is 0 Å². The number of likely N-dealkylation sites (tertiary alicyclic amines) is 1. The summed E-state index contributed by atoms with van der Waals surface area (Å²) in [5.41, 5.74) is -0.560. The summed E-state index contributed by atoms with van der Waals surface area (Å²) in [6.07, 6.45) is -1.39. The molecule has 2 aromatic carbocycles. The summed E-state index contributed by atoms with van der Waals surface area (Å²) in [5, 5.41) is 19.5. The molecule has 2 aromatic heterocycles. The summed E-state index contributed by atoms with van der Waals surface area (Å²) in [5.74, 6) is -0.288. The zero-order chi connectivity index (χ0) is 34.1. The molecule has 0 saturated carbocycles. The summed E-state index contributed by atoms with van der Waals surface area (Å²) in [6, 6.07) is 12.5. The van der Waals surface area contributed by atoms with E-state index in [1.165, 1.54) is 36.9 Å². The summed E-state index contributed by atoms with van der Waals surface area (Å²) >= 11 is 0. The third-order valence-electron chi connectivity index (χ3n) is 8.60. The maximum absolute atomic E-state index is 14.0. The molecule has 0 radical (unpaired) electrons. The molecule has 0 bridgehead atoms. The Labute approximate surface area is 269 Å². The molecule has 14 heteroatoms. The highest BCUT2D eigenvalue weighted by molar-refractivity contribution is 5.91. The molecular weight excluding hydrogens is 613 g/mol. The lowest BCUT2D eigenvalue weighted by atomic mass is 10.0. The number of aromatic nitrogens is 4. The first kappa shape index (κ1) is 33.4. The Morgan fingerprint density at radius 1 is 1.09 bits per heavy atom. The van der Waals surface area contributed by atoms with Crippen LogP contribution in [-0.4, -0.2) is 81.0 Å². The number of piperidine rings is 1. The Morgan fingerprint density at radius 2 is 1.77 bits per heavy atom. The average Bonchev–Trinajstić information content (AvgIpc) is 3.61. The molecule has 3 heterocycles. The normalized spacial score (nSPS) is 15.6. The minimum atomic E-state index is -4.67. The topological polar surface area (TPSA) is 127 Å². The Hall–Kier alpha value is -5.00. The fraction of sp³-hybridized carbons (Fsp3) is 0.364. The molecular formula is C33H36F3N8O3+. The quantitative estimate of drug-likeness (QED) is 0.278. The maximum atomic E-state index is 14.0. The van der Waals surface area contributed by atoms with Crippen molar-refractivity contribution in [1.82, 2.24) is 29.5 Å². The number of halogens is 3. The van der Waals surface area contributed by atoms with Crippen molar-refractivity contribution in [3.63, 3.8) is 0 Å². The molecule has 47 heavy (non-hydrogen) atoms. The third-order valence-corrected chi connectivity index (χ3v) is 8.60. The number of hydrogen-bond acceptors (Lipinski definition) is 6.